The van der Waals surface area contributed by atoms with Crippen LogP contribution in [0.1, 0.15) is 42.4 Å². The molecule has 6 heteroatoms. The molecule has 1 amide bonds. The highest BCUT2D eigenvalue weighted by Gasteiger charge is 2.20. The minimum atomic E-state index is -0.528. The van der Waals surface area contributed by atoms with Crippen LogP contribution in [0.5, 0.6) is 0 Å². The minimum absolute atomic E-state index is 0.000947. The second kappa shape index (κ2) is 7.96. The van der Waals surface area contributed by atoms with E-state index in [-0.39, 0.29) is 11.7 Å². The number of amides is 1. The van der Waals surface area contributed by atoms with Crippen LogP contribution in [-0.2, 0) is 0 Å². The Morgan fingerprint density at radius 3 is 2.59 bits per heavy atom. The van der Waals surface area contributed by atoms with Gasteiger partial charge in [0.1, 0.15) is 17.0 Å². The van der Waals surface area contributed by atoms with E-state index in [1.54, 1.807) is 12.3 Å². The topological polar surface area (TPSA) is 86.9 Å². The summed E-state index contributed by atoms with van der Waals surface area (Å²) in [5, 5.41) is 6.85. The number of carbonyl (C=O) groups excluding carboxylic acids is 1. The van der Waals surface area contributed by atoms with Crippen LogP contribution in [0.4, 0.5) is 0 Å². The number of para-hydroxylation sites is 1. The van der Waals surface area contributed by atoms with Gasteiger partial charge in [0.05, 0.1) is 17.8 Å². The molecule has 160 valence electrons. The Morgan fingerprint density at radius 2 is 1.88 bits per heavy atom. The van der Waals surface area contributed by atoms with Gasteiger partial charge >= 0.3 is 0 Å². The summed E-state index contributed by atoms with van der Waals surface area (Å²) >= 11 is 0. The molecule has 5 rings (SSSR count). The molecule has 2 aromatic carbocycles. The van der Waals surface area contributed by atoms with E-state index in [1.165, 1.54) is 0 Å². The van der Waals surface area contributed by atoms with E-state index < -0.39 is 5.91 Å². The maximum atomic E-state index is 11.4. The largest absolute Gasteiger partial charge is 0.456 e. The maximum Gasteiger partial charge on any atom is 0.267 e. The number of nitrogens with two attached hydrogens (primary N) is 1. The van der Waals surface area contributed by atoms with Crippen LogP contribution in [0.3, 0.4) is 0 Å². The number of nitrogens with zero attached hydrogens (tertiary/aromatic N) is 3. The molecule has 5 aromatic rings. The van der Waals surface area contributed by atoms with E-state index in [9.17, 15) is 4.79 Å². The first-order valence-electron chi connectivity index (χ1n) is 10.7. The van der Waals surface area contributed by atoms with Crippen LogP contribution in [0.2, 0.25) is 0 Å². The van der Waals surface area contributed by atoms with Crippen molar-refractivity contribution < 1.29 is 9.21 Å². The average molecular weight is 425 g/mol. The van der Waals surface area contributed by atoms with E-state index in [0.29, 0.717) is 5.92 Å². The van der Waals surface area contributed by atoms with Crippen molar-refractivity contribution in [1.82, 2.24) is 14.8 Å². The summed E-state index contributed by atoms with van der Waals surface area (Å²) in [6.07, 6.45) is 4.50. The number of rotatable bonds is 6. The monoisotopic (exact) mass is 424 g/mol. The van der Waals surface area contributed by atoms with Crippen LogP contribution in [0.15, 0.2) is 77.5 Å². The highest BCUT2D eigenvalue weighted by atomic mass is 16.3. The van der Waals surface area contributed by atoms with Crippen LogP contribution in [0, 0.1) is 5.92 Å². The number of carbonyl (C=O) groups is 1. The third kappa shape index (κ3) is 3.64. The van der Waals surface area contributed by atoms with Crippen LogP contribution in [0.25, 0.3) is 33.2 Å². The molecule has 1 atom stereocenters. The standard InChI is InChI=1S/C26H24N4O2/c1-16(2)11-23(19-7-9-21(26(27)31)28-14-19)30-22-10-8-18(12-20(22)15-29-30)25-13-17-5-3-4-6-24(17)32-25/h3-10,12-16,23H,11H2,1-2H3,(H2,27,31). The molecular weight excluding hydrogens is 400 g/mol. The van der Waals surface area contributed by atoms with Gasteiger partial charge in [-0.05, 0) is 54.3 Å². The van der Waals surface area contributed by atoms with Crippen molar-refractivity contribution in [2.45, 2.75) is 26.3 Å². The number of furan rings is 1. The molecule has 0 saturated carbocycles. The smallest absolute Gasteiger partial charge is 0.267 e. The fourth-order valence-corrected chi connectivity index (χ4v) is 4.15. The summed E-state index contributed by atoms with van der Waals surface area (Å²) in [7, 11) is 0. The predicted molar refractivity (Wildman–Crippen MR) is 125 cm³/mol. The van der Waals surface area contributed by atoms with Crippen LogP contribution in [-0.4, -0.2) is 20.7 Å². The Morgan fingerprint density at radius 1 is 1.03 bits per heavy atom. The third-order valence-corrected chi connectivity index (χ3v) is 5.72. The number of fused-ring (bicyclic) bond motifs is 2. The third-order valence-electron chi connectivity index (χ3n) is 5.72. The summed E-state index contributed by atoms with van der Waals surface area (Å²) in [5.41, 5.74) is 9.54. The Hall–Kier alpha value is -3.93. The van der Waals surface area contributed by atoms with E-state index in [2.05, 4.69) is 43.1 Å². The number of benzene rings is 2. The first kappa shape index (κ1) is 20.0. The minimum Gasteiger partial charge on any atom is -0.456 e. The molecule has 0 radical (unpaired) electrons. The summed E-state index contributed by atoms with van der Waals surface area (Å²) in [6.45, 7) is 4.37. The molecule has 32 heavy (non-hydrogen) atoms. The first-order valence-corrected chi connectivity index (χ1v) is 10.7. The zero-order valence-electron chi connectivity index (χ0n) is 18.0. The fourth-order valence-electron chi connectivity index (χ4n) is 4.15. The molecule has 0 aliphatic heterocycles. The van der Waals surface area contributed by atoms with Crippen LogP contribution < -0.4 is 5.73 Å². The lowest BCUT2D eigenvalue weighted by Crippen LogP contribution is -2.17. The van der Waals surface area contributed by atoms with E-state index in [0.717, 1.165) is 45.2 Å². The van der Waals surface area contributed by atoms with Gasteiger partial charge in [0.25, 0.3) is 5.91 Å². The van der Waals surface area contributed by atoms with Gasteiger partial charge in [-0.2, -0.15) is 5.10 Å². The molecule has 0 saturated heterocycles. The Labute approximate surface area is 185 Å². The van der Waals surface area contributed by atoms with Gasteiger partial charge in [-0.25, -0.2) is 0 Å². The van der Waals surface area contributed by atoms with Gasteiger partial charge in [-0.3, -0.25) is 14.5 Å². The van der Waals surface area contributed by atoms with Crippen molar-refractivity contribution >= 4 is 27.8 Å². The molecule has 3 aromatic heterocycles. The molecule has 6 nitrogen and oxygen atoms in total. The maximum absolute atomic E-state index is 11.4. The van der Waals surface area contributed by atoms with Crippen molar-refractivity contribution in [3.63, 3.8) is 0 Å². The van der Waals surface area contributed by atoms with Gasteiger partial charge < -0.3 is 10.2 Å². The Balaban J connectivity index is 1.55. The molecule has 0 fully saturated rings. The van der Waals surface area contributed by atoms with Crippen molar-refractivity contribution in [2.24, 2.45) is 11.7 Å². The Kier molecular flexibility index (Phi) is 4.98. The zero-order chi connectivity index (χ0) is 22.2. The zero-order valence-corrected chi connectivity index (χ0v) is 18.0. The lowest BCUT2D eigenvalue weighted by Gasteiger charge is -2.21. The summed E-state index contributed by atoms with van der Waals surface area (Å²) in [6, 6.07) is 19.9. The van der Waals surface area contributed by atoms with E-state index >= 15 is 0 Å². The lowest BCUT2D eigenvalue weighted by atomic mass is 9.97. The lowest BCUT2D eigenvalue weighted by molar-refractivity contribution is 0.0995. The highest BCUT2D eigenvalue weighted by Crippen LogP contribution is 2.33. The normalized spacial score (nSPS) is 12.6. The molecule has 0 aliphatic rings. The highest BCUT2D eigenvalue weighted by molar-refractivity contribution is 5.90. The van der Waals surface area contributed by atoms with Crippen molar-refractivity contribution in [3.8, 4) is 11.3 Å². The summed E-state index contributed by atoms with van der Waals surface area (Å²) in [5.74, 6) is 0.760. The molecule has 2 N–H and O–H groups in total. The average Bonchev–Trinajstić information content (AvgIpc) is 3.41. The van der Waals surface area contributed by atoms with E-state index in [4.69, 9.17) is 15.2 Å². The summed E-state index contributed by atoms with van der Waals surface area (Å²) < 4.78 is 8.08. The summed E-state index contributed by atoms with van der Waals surface area (Å²) in [4.78, 5) is 15.6. The second-order valence-corrected chi connectivity index (χ2v) is 8.50. The number of hydrogen-bond donors (Lipinski definition) is 1. The second-order valence-electron chi connectivity index (χ2n) is 8.50. The number of hydrogen-bond acceptors (Lipinski definition) is 4. The van der Waals surface area contributed by atoms with Gasteiger partial charge in [0.2, 0.25) is 0 Å². The van der Waals surface area contributed by atoms with Crippen LogP contribution >= 0.6 is 0 Å². The molecule has 0 aliphatic carbocycles. The quantitative estimate of drug-likeness (QED) is 0.385. The first-order chi connectivity index (χ1) is 15.5. The molecule has 1 unspecified atom stereocenters. The van der Waals surface area contributed by atoms with Gasteiger partial charge in [0.15, 0.2) is 0 Å². The number of primary amides is 1. The number of pyridine rings is 1. The van der Waals surface area contributed by atoms with Crippen molar-refractivity contribution in [1.29, 1.82) is 0 Å². The molecule has 3 heterocycles. The Bertz CT molecular complexity index is 1380. The van der Waals surface area contributed by atoms with Crippen molar-refractivity contribution in [3.05, 3.63) is 84.3 Å². The SMILES string of the molecule is CC(C)CC(c1ccc(C(N)=O)nc1)n1ncc2cc(-c3cc4ccccc4o3)ccc21. The number of aromatic nitrogens is 3. The van der Waals surface area contributed by atoms with E-state index in [1.807, 2.05) is 41.2 Å². The van der Waals surface area contributed by atoms with Gasteiger partial charge in [-0.1, -0.05) is 38.1 Å². The van der Waals surface area contributed by atoms with Gasteiger partial charge in [0, 0.05) is 22.5 Å². The van der Waals surface area contributed by atoms with Crippen molar-refractivity contribution in [2.75, 3.05) is 0 Å². The van der Waals surface area contributed by atoms with Gasteiger partial charge in [-0.15, -0.1) is 0 Å². The molecular formula is C26H24N4O2. The predicted octanol–water partition coefficient (Wildman–Crippen LogP) is 5.58. The molecule has 0 bridgehead atoms. The molecule has 0 spiro atoms. The fraction of sp³-hybridized carbons (Fsp3) is 0.192.